The fourth-order valence-electron chi connectivity index (χ4n) is 1.57. The third kappa shape index (κ3) is 4.71. The highest BCUT2D eigenvalue weighted by Crippen LogP contribution is 2.32. The van der Waals surface area contributed by atoms with Crippen molar-refractivity contribution in [1.82, 2.24) is 0 Å². The Morgan fingerprint density at radius 2 is 1.71 bits per heavy atom. The smallest absolute Gasteiger partial charge is 0.171 e. The summed E-state index contributed by atoms with van der Waals surface area (Å²) in [6.07, 6.45) is 0.514. The minimum atomic E-state index is -4.03. The monoisotopic (exact) mass is 222 g/mol. The topological polar surface area (TPSA) is 0 Å². The number of alkyl halides is 3. The van der Waals surface area contributed by atoms with Crippen LogP contribution >= 0.6 is 0 Å². The Kier molecular flexibility index (Phi) is 5.28. The Hall–Kier alpha value is -0.433. The van der Waals surface area contributed by atoms with E-state index < -0.39 is 20.7 Å². The molecule has 4 heteroatoms. The van der Waals surface area contributed by atoms with Crippen LogP contribution in [0.3, 0.4) is 0 Å². The zero-order chi connectivity index (χ0) is 11.2. The number of rotatable bonds is 5. The van der Waals surface area contributed by atoms with Gasteiger partial charge in [-0.2, -0.15) is 13.2 Å². The molecule has 14 heavy (non-hydrogen) atoms. The maximum Gasteiger partial charge on any atom is 0.388 e. The van der Waals surface area contributed by atoms with Crippen molar-refractivity contribution in [2.75, 3.05) is 0 Å². The highest BCUT2D eigenvalue weighted by molar-refractivity contribution is 6.80. The molecule has 0 aliphatic heterocycles. The number of halogens is 3. The van der Waals surface area contributed by atoms with Crippen LogP contribution in [0.15, 0.2) is 0 Å². The molecule has 0 heterocycles. The first-order valence-electron chi connectivity index (χ1n) is 4.89. The van der Waals surface area contributed by atoms with Crippen molar-refractivity contribution >= 4 is 8.07 Å². The zero-order valence-electron chi connectivity index (χ0n) is 8.75. The molecule has 0 rings (SSSR count). The highest BCUT2D eigenvalue weighted by atomic mass is 28.3. The normalized spacial score (nSPS) is 12.6. The predicted octanol–water partition coefficient (Wildman–Crippen LogP) is 4.06. The summed E-state index contributed by atoms with van der Waals surface area (Å²) in [6.45, 7) is 3.92. The van der Waals surface area contributed by atoms with E-state index in [0.29, 0.717) is 6.04 Å². The minimum Gasteiger partial charge on any atom is -0.171 e. The van der Waals surface area contributed by atoms with Crippen molar-refractivity contribution < 1.29 is 13.2 Å². The van der Waals surface area contributed by atoms with E-state index in [1.807, 2.05) is 13.8 Å². The van der Waals surface area contributed by atoms with Gasteiger partial charge in [0.2, 0.25) is 0 Å². The van der Waals surface area contributed by atoms with Gasteiger partial charge in [-0.15, -0.1) is 12.3 Å². The van der Waals surface area contributed by atoms with Gasteiger partial charge in [0.15, 0.2) is 0 Å². The SMILES string of the molecule is C#CC[Si](CC)(CC)CCC(F)(F)F. The summed E-state index contributed by atoms with van der Waals surface area (Å²) in [5, 5.41) is 0. The van der Waals surface area contributed by atoms with Crippen molar-refractivity contribution in [2.45, 2.75) is 50.6 Å². The van der Waals surface area contributed by atoms with Gasteiger partial charge >= 0.3 is 6.18 Å². The lowest BCUT2D eigenvalue weighted by Gasteiger charge is -2.27. The van der Waals surface area contributed by atoms with Gasteiger partial charge in [-0.05, 0) is 6.04 Å². The molecule has 0 fully saturated rings. The molecule has 0 atom stereocenters. The Bertz CT molecular complexity index is 198. The number of hydrogen-bond acceptors (Lipinski definition) is 0. The van der Waals surface area contributed by atoms with Crippen LogP contribution in [0.2, 0.25) is 24.2 Å². The fraction of sp³-hybridized carbons (Fsp3) is 0.800. The van der Waals surface area contributed by atoms with Gasteiger partial charge in [-0.3, -0.25) is 0 Å². The Labute approximate surface area is 84.9 Å². The van der Waals surface area contributed by atoms with Crippen molar-refractivity contribution in [3.05, 3.63) is 0 Å². The zero-order valence-corrected chi connectivity index (χ0v) is 9.75. The molecule has 0 radical (unpaired) electrons. The Morgan fingerprint density at radius 1 is 1.21 bits per heavy atom. The average molecular weight is 222 g/mol. The number of hydrogen-bond donors (Lipinski definition) is 0. The van der Waals surface area contributed by atoms with E-state index in [1.165, 1.54) is 0 Å². The molecule has 0 amide bonds. The summed E-state index contributed by atoms with van der Waals surface area (Å²) >= 11 is 0. The summed E-state index contributed by atoms with van der Waals surface area (Å²) < 4.78 is 36.2. The van der Waals surface area contributed by atoms with Crippen LogP contribution in [0.4, 0.5) is 13.2 Å². The first-order chi connectivity index (χ1) is 6.39. The summed E-state index contributed by atoms with van der Waals surface area (Å²) in [6, 6.07) is 2.57. The van der Waals surface area contributed by atoms with Crippen LogP contribution in [-0.2, 0) is 0 Å². The van der Waals surface area contributed by atoms with E-state index >= 15 is 0 Å². The third-order valence-corrected chi connectivity index (χ3v) is 8.18. The standard InChI is InChI=1S/C10H17F3Si/c1-4-8-14(5-2,6-3)9-7-10(11,12)13/h1H,5-9H2,2-3H3. The quantitative estimate of drug-likeness (QED) is 0.486. The van der Waals surface area contributed by atoms with Crippen LogP contribution in [0.1, 0.15) is 20.3 Å². The van der Waals surface area contributed by atoms with E-state index in [0.717, 1.165) is 12.1 Å². The molecule has 0 aliphatic carbocycles. The summed E-state index contributed by atoms with van der Waals surface area (Å²) in [7, 11) is -1.81. The second kappa shape index (κ2) is 5.45. The molecule has 0 aliphatic rings. The predicted molar refractivity (Wildman–Crippen MR) is 55.8 cm³/mol. The van der Waals surface area contributed by atoms with Crippen LogP contribution in [0.25, 0.3) is 0 Å². The van der Waals surface area contributed by atoms with Crippen molar-refractivity contribution in [3.8, 4) is 12.3 Å². The fourth-order valence-corrected chi connectivity index (χ4v) is 4.70. The first kappa shape index (κ1) is 13.6. The minimum absolute atomic E-state index is 0.285. The molecule has 0 aromatic carbocycles. The maximum atomic E-state index is 12.1. The average Bonchev–Trinajstić information content (AvgIpc) is 2.11. The largest absolute Gasteiger partial charge is 0.388 e. The Morgan fingerprint density at radius 3 is 2.00 bits per heavy atom. The first-order valence-corrected chi connectivity index (χ1v) is 7.72. The second-order valence-corrected chi connectivity index (χ2v) is 8.97. The molecule has 0 aromatic rings. The molecular formula is C10H17F3Si. The van der Waals surface area contributed by atoms with Crippen molar-refractivity contribution in [1.29, 1.82) is 0 Å². The lowest BCUT2D eigenvalue weighted by Crippen LogP contribution is -2.33. The summed E-state index contributed by atoms with van der Waals surface area (Å²) in [5.41, 5.74) is 0. The number of terminal acetylenes is 1. The van der Waals surface area contributed by atoms with Gasteiger partial charge in [0.25, 0.3) is 0 Å². The van der Waals surface area contributed by atoms with E-state index in [1.54, 1.807) is 0 Å². The lowest BCUT2D eigenvalue weighted by atomic mass is 10.5. The van der Waals surface area contributed by atoms with E-state index in [-0.39, 0.29) is 6.04 Å². The van der Waals surface area contributed by atoms with Crippen LogP contribution < -0.4 is 0 Å². The van der Waals surface area contributed by atoms with E-state index in [2.05, 4.69) is 5.92 Å². The molecule has 0 N–H and O–H groups in total. The van der Waals surface area contributed by atoms with E-state index in [9.17, 15) is 13.2 Å². The molecule has 0 aromatic heterocycles. The van der Waals surface area contributed by atoms with Crippen LogP contribution in [0, 0.1) is 12.3 Å². The molecule has 0 saturated carbocycles. The van der Waals surface area contributed by atoms with Gasteiger partial charge in [0, 0.05) is 12.5 Å². The van der Waals surface area contributed by atoms with E-state index in [4.69, 9.17) is 6.42 Å². The summed E-state index contributed by atoms with van der Waals surface area (Å²) in [4.78, 5) is 0. The third-order valence-electron chi connectivity index (χ3n) is 2.92. The summed E-state index contributed by atoms with van der Waals surface area (Å²) in [5.74, 6) is 2.54. The Balaban J connectivity index is 4.30. The molecular weight excluding hydrogens is 205 g/mol. The molecule has 0 nitrogen and oxygen atoms in total. The molecule has 0 spiro atoms. The van der Waals surface area contributed by atoms with Crippen LogP contribution in [0.5, 0.6) is 0 Å². The molecule has 82 valence electrons. The molecule has 0 unspecified atom stereocenters. The van der Waals surface area contributed by atoms with Crippen molar-refractivity contribution in [3.63, 3.8) is 0 Å². The maximum absolute atomic E-state index is 12.1. The molecule has 0 saturated heterocycles. The van der Waals surface area contributed by atoms with Gasteiger partial charge in [-0.25, -0.2) is 0 Å². The second-order valence-electron chi connectivity index (χ2n) is 3.70. The van der Waals surface area contributed by atoms with Crippen LogP contribution in [-0.4, -0.2) is 14.3 Å². The van der Waals surface area contributed by atoms with Gasteiger partial charge < -0.3 is 0 Å². The van der Waals surface area contributed by atoms with Gasteiger partial charge in [0.05, 0.1) is 8.07 Å². The van der Waals surface area contributed by atoms with Gasteiger partial charge in [-0.1, -0.05) is 25.9 Å². The lowest BCUT2D eigenvalue weighted by molar-refractivity contribution is -0.130. The highest BCUT2D eigenvalue weighted by Gasteiger charge is 2.35. The van der Waals surface area contributed by atoms with Crippen molar-refractivity contribution in [2.24, 2.45) is 0 Å². The van der Waals surface area contributed by atoms with Gasteiger partial charge in [0.1, 0.15) is 0 Å². The molecule has 0 bridgehead atoms.